The van der Waals surface area contributed by atoms with E-state index in [9.17, 15) is 13.2 Å². The Bertz CT molecular complexity index is 929. The molecule has 2 aromatic carbocycles. The number of esters is 1. The average molecular weight is 414 g/mol. The number of carbonyl (C=O) groups is 1. The van der Waals surface area contributed by atoms with Crippen LogP contribution in [-0.4, -0.2) is 31.8 Å². The first-order valence-corrected chi connectivity index (χ1v) is 10.2. The predicted molar refractivity (Wildman–Crippen MR) is 100 cm³/mol. The van der Waals surface area contributed by atoms with Crippen molar-refractivity contribution in [2.45, 2.75) is 28.5 Å². The molecule has 0 aromatic heterocycles. The van der Waals surface area contributed by atoms with Gasteiger partial charge in [-0.05, 0) is 48.9 Å². The van der Waals surface area contributed by atoms with Gasteiger partial charge in [0.2, 0.25) is 0 Å². The molecule has 0 aliphatic heterocycles. The summed E-state index contributed by atoms with van der Waals surface area (Å²) < 4.78 is 31.3. The third-order valence-electron chi connectivity index (χ3n) is 4.51. The minimum absolute atomic E-state index is 0.0579. The molecule has 1 fully saturated rings. The van der Waals surface area contributed by atoms with E-state index >= 15 is 0 Å². The lowest BCUT2D eigenvalue weighted by Crippen LogP contribution is -2.41. The van der Waals surface area contributed by atoms with Crippen LogP contribution in [0.5, 0.6) is 0 Å². The van der Waals surface area contributed by atoms with Crippen LogP contribution in [0.4, 0.5) is 0 Å². The Kier molecular flexibility index (Phi) is 5.05. The molecule has 0 amide bonds. The maximum atomic E-state index is 13.1. The summed E-state index contributed by atoms with van der Waals surface area (Å²) in [7, 11) is -3.88. The molecule has 0 radical (unpaired) electrons. The lowest BCUT2D eigenvalue weighted by atomic mass is 10.1. The van der Waals surface area contributed by atoms with Crippen molar-refractivity contribution in [3.05, 3.63) is 64.1 Å². The van der Waals surface area contributed by atoms with Gasteiger partial charge in [-0.2, -0.15) is 0 Å². The average Bonchev–Trinajstić information content (AvgIpc) is 3.25. The summed E-state index contributed by atoms with van der Waals surface area (Å²) in [5, 5.41) is -0.208. The Morgan fingerprint density at radius 2 is 1.58 bits per heavy atom. The van der Waals surface area contributed by atoms with Crippen LogP contribution in [0.25, 0.3) is 0 Å². The molecule has 0 bridgehead atoms. The maximum absolute atomic E-state index is 13.1. The number of sulfone groups is 1. The molecular formula is C18H17Cl2NO4S. The van der Waals surface area contributed by atoms with Crippen LogP contribution in [0.3, 0.4) is 0 Å². The van der Waals surface area contributed by atoms with Crippen molar-refractivity contribution in [3.8, 4) is 0 Å². The quantitative estimate of drug-likeness (QED) is 0.760. The van der Waals surface area contributed by atoms with Gasteiger partial charge in [-0.3, -0.25) is 0 Å². The molecule has 2 aromatic rings. The summed E-state index contributed by atoms with van der Waals surface area (Å²) in [6.45, 7) is 1.75. The first kappa shape index (κ1) is 19.2. The van der Waals surface area contributed by atoms with Gasteiger partial charge in [0.1, 0.15) is 10.8 Å². The van der Waals surface area contributed by atoms with Crippen LogP contribution in [0.2, 0.25) is 10.0 Å². The summed E-state index contributed by atoms with van der Waals surface area (Å²) in [4.78, 5) is 12.5. The lowest BCUT2D eigenvalue weighted by molar-refractivity contribution is -0.145. The highest BCUT2D eigenvalue weighted by molar-refractivity contribution is 7.92. The fourth-order valence-corrected chi connectivity index (χ4v) is 5.68. The SMILES string of the molecule is CCOC(=O)[C@]1(N)[C@@H](c2ccc(Cl)cc2)[C@@H]1S(=O)(=O)c1ccc(Cl)cc1. The Hall–Kier alpha value is -1.60. The van der Waals surface area contributed by atoms with Crippen molar-refractivity contribution in [1.82, 2.24) is 0 Å². The molecule has 3 atom stereocenters. The van der Waals surface area contributed by atoms with Crippen molar-refractivity contribution in [3.63, 3.8) is 0 Å². The van der Waals surface area contributed by atoms with E-state index in [-0.39, 0.29) is 11.5 Å². The van der Waals surface area contributed by atoms with Crippen molar-refractivity contribution < 1.29 is 17.9 Å². The zero-order valence-corrected chi connectivity index (χ0v) is 16.2. The second-order valence-corrected chi connectivity index (χ2v) is 9.04. The lowest BCUT2D eigenvalue weighted by Gasteiger charge is -2.11. The van der Waals surface area contributed by atoms with Crippen molar-refractivity contribution in [1.29, 1.82) is 0 Å². The van der Waals surface area contributed by atoms with Gasteiger partial charge < -0.3 is 10.5 Å². The third-order valence-corrected chi connectivity index (χ3v) is 7.28. The van der Waals surface area contributed by atoms with Gasteiger partial charge in [0.25, 0.3) is 0 Å². The largest absolute Gasteiger partial charge is 0.465 e. The Labute approximate surface area is 162 Å². The van der Waals surface area contributed by atoms with Gasteiger partial charge in [0, 0.05) is 16.0 Å². The first-order valence-electron chi connectivity index (χ1n) is 7.94. The van der Waals surface area contributed by atoms with Crippen LogP contribution in [-0.2, 0) is 19.4 Å². The number of benzene rings is 2. The van der Waals surface area contributed by atoms with Gasteiger partial charge in [-0.25, -0.2) is 13.2 Å². The molecule has 2 N–H and O–H groups in total. The summed E-state index contributed by atoms with van der Waals surface area (Å²) >= 11 is 11.7. The molecule has 0 saturated heterocycles. The molecule has 26 heavy (non-hydrogen) atoms. The van der Waals surface area contributed by atoms with Gasteiger partial charge >= 0.3 is 5.97 Å². The molecule has 1 saturated carbocycles. The summed E-state index contributed by atoms with van der Waals surface area (Å²) in [6, 6.07) is 12.4. The van der Waals surface area contributed by atoms with Gasteiger partial charge in [0.15, 0.2) is 9.84 Å². The minimum atomic E-state index is -3.88. The van der Waals surface area contributed by atoms with E-state index in [1.807, 2.05) is 0 Å². The van der Waals surface area contributed by atoms with Gasteiger partial charge in [-0.15, -0.1) is 0 Å². The van der Waals surface area contributed by atoms with E-state index in [1.54, 1.807) is 31.2 Å². The second kappa shape index (κ2) is 6.85. The number of nitrogens with two attached hydrogens (primary N) is 1. The standard InChI is InChI=1S/C18H17Cl2NO4S/c1-2-25-17(22)18(21)15(11-3-5-12(19)6-4-11)16(18)26(23,24)14-9-7-13(20)8-10-14/h3-10,15-16H,2,21H2,1H3/t15-,16-,18-/m0/s1. The third kappa shape index (κ3) is 3.11. The summed E-state index contributed by atoms with van der Waals surface area (Å²) in [5.41, 5.74) is 5.24. The number of halogens is 2. The Morgan fingerprint density at radius 3 is 2.08 bits per heavy atom. The molecule has 1 aliphatic carbocycles. The van der Waals surface area contributed by atoms with Crippen LogP contribution in [0, 0.1) is 0 Å². The van der Waals surface area contributed by atoms with Crippen LogP contribution < -0.4 is 5.73 Å². The highest BCUT2D eigenvalue weighted by Gasteiger charge is 2.74. The molecule has 1 aliphatic rings. The van der Waals surface area contributed by atoms with Crippen LogP contribution in [0.15, 0.2) is 53.4 Å². The van der Waals surface area contributed by atoms with E-state index in [4.69, 9.17) is 33.7 Å². The van der Waals surface area contributed by atoms with Gasteiger partial charge in [-0.1, -0.05) is 35.3 Å². The molecule has 3 rings (SSSR count). The van der Waals surface area contributed by atoms with E-state index < -0.39 is 32.5 Å². The summed E-state index contributed by atoms with van der Waals surface area (Å²) in [5.74, 6) is -1.46. The number of hydrogen-bond donors (Lipinski definition) is 1. The van der Waals surface area contributed by atoms with Crippen LogP contribution >= 0.6 is 23.2 Å². The highest BCUT2D eigenvalue weighted by atomic mass is 35.5. The highest BCUT2D eigenvalue weighted by Crippen LogP contribution is 2.56. The van der Waals surface area contributed by atoms with E-state index in [1.165, 1.54) is 24.3 Å². The Balaban J connectivity index is 2.06. The number of rotatable bonds is 5. The van der Waals surface area contributed by atoms with E-state index in [0.717, 1.165) is 0 Å². The van der Waals surface area contributed by atoms with E-state index in [0.29, 0.717) is 15.6 Å². The molecule has 138 valence electrons. The predicted octanol–water partition coefficient (Wildman–Crippen LogP) is 3.19. The minimum Gasteiger partial charge on any atom is -0.465 e. The number of carbonyl (C=O) groups excluding carboxylic acids is 1. The van der Waals surface area contributed by atoms with Crippen LogP contribution in [0.1, 0.15) is 18.4 Å². The monoisotopic (exact) mass is 413 g/mol. The molecule has 8 heteroatoms. The molecular weight excluding hydrogens is 397 g/mol. The summed E-state index contributed by atoms with van der Waals surface area (Å²) in [6.07, 6.45) is 0. The smallest absolute Gasteiger partial charge is 0.328 e. The number of ether oxygens (including phenoxy) is 1. The Morgan fingerprint density at radius 1 is 1.08 bits per heavy atom. The zero-order chi connectivity index (χ0) is 19.1. The topological polar surface area (TPSA) is 86.5 Å². The van der Waals surface area contributed by atoms with Crippen molar-refractivity contribution in [2.75, 3.05) is 6.61 Å². The molecule has 0 heterocycles. The normalized spacial score (nSPS) is 24.9. The molecule has 0 unspecified atom stereocenters. The zero-order valence-electron chi connectivity index (χ0n) is 13.9. The fraction of sp³-hybridized carbons (Fsp3) is 0.278. The molecule has 5 nitrogen and oxygen atoms in total. The van der Waals surface area contributed by atoms with Crippen molar-refractivity contribution in [2.24, 2.45) is 5.73 Å². The number of hydrogen-bond acceptors (Lipinski definition) is 5. The first-order chi connectivity index (χ1) is 12.2. The molecule has 0 spiro atoms. The van der Waals surface area contributed by atoms with E-state index in [2.05, 4.69) is 0 Å². The van der Waals surface area contributed by atoms with Crippen molar-refractivity contribution >= 4 is 39.0 Å². The fourth-order valence-electron chi connectivity index (χ4n) is 3.20. The maximum Gasteiger partial charge on any atom is 0.328 e. The second-order valence-electron chi connectivity index (χ2n) is 6.10. The van der Waals surface area contributed by atoms with Gasteiger partial charge in [0.05, 0.1) is 11.5 Å².